The summed E-state index contributed by atoms with van der Waals surface area (Å²) in [5.41, 5.74) is 7.97. The molecule has 100 valence electrons. The van der Waals surface area contributed by atoms with Crippen LogP contribution in [0.2, 0.25) is 0 Å². The molecule has 0 unspecified atom stereocenters. The molecule has 0 saturated carbocycles. The average Bonchev–Trinajstić information content (AvgIpc) is 2.68. The summed E-state index contributed by atoms with van der Waals surface area (Å²) in [6.07, 6.45) is 0.992. The van der Waals surface area contributed by atoms with Crippen molar-refractivity contribution in [3.8, 4) is 0 Å². The largest absolute Gasteiger partial charge is 0.368 e. The second-order valence-corrected chi connectivity index (χ2v) is 5.49. The van der Waals surface area contributed by atoms with E-state index in [1.54, 1.807) is 16.8 Å². The van der Waals surface area contributed by atoms with E-state index in [2.05, 4.69) is 10.3 Å². The Balaban J connectivity index is 2.46. The van der Waals surface area contributed by atoms with Crippen LogP contribution in [0.1, 0.15) is 30.8 Å². The van der Waals surface area contributed by atoms with E-state index >= 15 is 0 Å². The summed E-state index contributed by atoms with van der Waals surface area (Å²) < 4.78 is 0. The highest BCUT2D eigenvalue weighted by molar-refractivity contribution is 7.09. The van der Waals surface area contributed by atoms with E-state index in [0.29, 0.717) is 12.8 Å². The van der Waals surface area contributed by atoms with E-state index in [-0.39, 0.29) is 11.8 Å². The van der Waals surface area contributed by atoms with Gasteiger partial charge in [0.2, 0.25) is 11.8 Å². The summed E-state index contributed by atoms with van der Waals surface area (Å²) in [5.74, 6) is -0.649. The van der Waals surface area contributed by atoms with Gasteiger partial charge in [-0.2, -0.15) is 0 Å². The molecule has 6 heteroatoms. The number of thiazole rings is 1. The van der Waals surface area contributed by atoms with Crippen molar-refractivity contribution in [2.24, 2.45) is 11.7 Å². The van der Waals surface area contributed by atoms with Gasteiger partial charge in [0.25, 0.3) is 0 Å². The molecule has 18 heavy (non-hydrogen) atoms. The summed E-state index contributed by atoms with van der Waals surface area (Å²) in [6.45, 7) is 5.62. The SMILES string of the molecule is Cc1ncsc1CCC(=O)N[C@@H](C(N)=O)C(C)C. The molecule has 0 aromatic carbocycles. The lowest BCUT2D eigenvalue weighted by Crippen LogP contribution is -2.47. The van der Waals surface area contributed by atoms with Crippen LogP contribution in [0, 0.1) is 12.8 Å². The third-order valence-corrected chi connectivity index (χ3v) is 3.71. The van der Waals surface area contributed by atoms with Gasteiger partial charge in [-0.25, -0.2) is 4.98 Å². The Bertz CT molecular complexity index is 429. The lowest BCUT2D eigenvalue weighted by Gasteiger charge is -2.18. The number of aromatic nitrogens is 1. The zero-order chi connectivity index (χ0) is 13.7. The highest BCUT2D eigenvalue weighted by atomic mass is 32.1. The lowest BCUT2D eigenvalue weighted by molar-refractivity contribution is -0.128. The number of nitrogens with one attached hydrogen (secondary N) is 1. The number of hydrogen-bond acceptors (Lipinski definition) is 4. The zero-order valence-electron chi connectivity index (χ0n) is 10.9. The predicted octanol–water partition coefficient (Wildman–Crippen LogP) is 1.01. The van der Waals surface area contributed by atoms with Crippen LogP contribution in [-0.2, 0) is 16.0 Å². The summed E-state index contributed by atoms with van der Waals surface area (Å²) >= 11 is 1.54. The average molecular weight is 269 g/mol. The minimum absolute atomic E-state index is 0.00316. The third-order valence-electron chi connectivity index (χ3n) is 2.71. The molecule has 0 saturated heterocycles. The Labute approximate surface area is 111 Å². The minimum atomic E-state index is -0.597. The maximum Gasteiger partial charge on any atom is 0.240 e. The number of nitrogens with two attached hydrogens (primary N) is 1. The van der Waals surface area contributed by atoms with Gasteiger partial charge in [0.05, 0.1) is 11.2 Å². The number of amides is 2. The number of nitrogens with zero attached hydrogens (tertiary/aromatic N) is 1. The first kappa shape index (κ1) is 14.6. The van der Waals surface area contributed by atoms with Crippen molar-refractivity contribution < 1.29 is 9.59 Å². The van der Waals surface area contributed by atoms with E-state index in [4.69, 9.17) is 5.73 Å². The lowest BCUT2D eigenvalue weighted by atomic mass is 10.0. The first-order valence-corrected chi connectivity index (χ1v) is 6.77. The van der Waals surface area contributed by atoms with Crippen LogP contribution in [0.25, 0.3) is 0 Å². The second kappa shape index (κ2) is 6.49. The molecule has 3 N–H and O–H groups in total. The number of primary amides is 1. The summed E-state index contributed by atoms with van der Waals surface area (Å²) in [6, 6.07) is -0.597. The number of carbonyl (C=O) groups is 2. The van der Waals surface area contributed by atoms with Crippen molar-refractivity contribution >= 4 is 23.2 Å². The Morgan fingerprint density at radius 1 is 1.50 bits per heavy atom. The molecule has 1 atom stereocenters. The van der Waals surface area contributed by atoms with Gasteiger partial charge in [0, 0.05) is 11.3 Å². The third kappa shape index (κ3) is 4.10. The van der Waals surface area contributed by atoms with E-state index in [0.717, 1.165) is 10.6 Å². The summed E-state index contributed by atoms with van der Waals surface area (Å²) in [4.78, 5) is 28.1. The first-order chi connectivity index (χ1) is 8.41. The quantitative estimate of drug-likeness (QED) is 0.808. The van der Waals surface area contributed by atoms with Crippen molar-refractivity contribution in [1.29, 1.82) is 0 Å². The fourth-order valence-electron chi connectivity index (χ4n) is 1.61. The van der Waals surface area contributed by atoms with Gasteiger partial charge >= 0.3 is 0 Å². The summed E-state index contributed by atoms with van der Waals surface area (Å²) in [7, 11) is 0. The van der Waals surface area contributed by atoms with E-state index < -0.39 is 11.9 Å². The van der Waals surface area contributed by atoms with Crippen LogP contribution in [0.5, 0.6) is 0 Å². The van der Waals surface area contributed by atoms with Crippen LogP contribution in [0.15, 0.2) is 5.51 Å². The second-order valence-electron chi connectivity index (χ2n) is 4.55. The molecule has 1 heterocycles. The molecule has 0 aliphatic rings. The fourth-order valence-corrected chi connectivity index (χ4v) is 2.39. The van der Waals surface area contributed by atoms with E-state index in [1.807, 2.05) is 20.8 Å². The molecule has 1 rings (SSSR count). The molecule has 0 radical (unpaired) electrons. The monoisotopic (exact) mass is 269 g/mol. The van der Waals surface area contributed by atoms with Gasteiger partial charge in [0.15, 0.2) is 0 Å². The van der Waals surface area contributed by atoms with E-state index in [1.165, 1.54) is 0 Å². The highest BCUT2D eigenvalue weighted by Gasteiger charge is 2.21. The molecule has 5 nitrogen and oxygen atoms in total. The van der Waals surface area contributed by atoms with Gasteiger partial charge in [-0.1, -0.05) is 13.8 Å². The Hall–Kier alpha value is -1.43. The van der Waals surface area contributed by atoms with Crippen molar-refractivity contribution in [3.05, 3.63) is 16.1 Å². The maximum absolute atomic E-state index is 11.7. The molecule has 0 aliphatic carbocycles. The van der Waals surface area contributed by atoms with Crippen LogP contribution < -0.4 is 11.1 Å². The van der Waals surface area contributed by atoms with Gasteiger partial charge in [0.1, 0.15) is 6.04 Å². The number of aryl methyl sites for hydroxylation is 2. The maximum atomic E-state index is 11.7. The molecular weight excluding hydrogens is 250 g/mol. The minimum Gasteiger partial charge on any atom is -0.368 e. The number of rotatable bonds is 6. The van der Waals surface area contributed by atoms with Gasteiger partial charge < -0.3 is 11.1 Å². The van der Waals surface area contributed by atoms with E-state index in [9.17, 15) is 9.59 Å². The van der Waals surface area contributed by atoms with Crippen molar-refractivity contribution in [2.45, 2.75) is 39.7 Å². The Kier molecular flexibility index (Phi) is 5.27. The molecule has 0 aliphatic heterocycles. The molecule has 0 bridgehead atoms. The molecule has 1 aromatic heterocycles. The van der Waals surface area contributed by atoms with Crippen LogP contribution in [0.4, 0.5) is 0 Å². The van der Waals surface area contributed by atoms with Gasteiger partial charge in [-0.05, 0) is 19.3 Å². The topological polar surface area (TPSA) is 85.1 Å². The fraction of sp³-hybridized carbons (Fsp3) is 0.583. The van der Waals surface area contributed by atoms with Crippen molar-refractivity contribution in [3.63, 3.8) is 0 Å². The van der Waals surface area contributed by atoms with Crippen molar-refractivity contribution in [2.75, 3.05) is 0 Å². The molecule has 1 aromatic rings. The normalized spacial score (nSPS) is 12.4. The molecule has 2 amide bonds. The Morgan fingerprint density at radius 2 is 2.17 bits per heavy atom. The first-order valence-electron chi connectivity index (χ1n) is 5.89. The van der Waals surface area contributed by atoms with Crippen LogP contribution >= 0.6 is 11.3 Å². The predicted molar refractivity (Wildman–Crippen MR) is 71.1 cm³/mol. The van der Waals surface area contributed by atoms with Gasteiger partial charge in [-0.15, -0.1) is 11.3 Å². The summed E-state index contributed by atoms with van der Waals surface area (Å²) in [5, 5.41) is 2.67. The standard InChI is InChI=1S/C12H19N3O2S/c1-7(2)11(12(13)17)15-10(16)5-4-9-8(3)14-6-18-9/h6-7,11H,4-5H2,1-3H3,(H2,13,17)(H,15,16)/t11-/m1/s1. The molecule has 0 spiro atoms. The smallest absolute Gasteiger partial charge is 0.240 e. The molecular formula is C12H19N3O2S. The van der Waals surface area contributed by atoms with Crippen molar-refractivity contribution in [1.82, 2.24) is 10.3 Å². The number of hydrogen-bond donors (Lipinski definition) is 2. The number of carbonyl (C=O) groups excluding carboxylic acids is 2. The van der Waals surface area contributed by atoms with Crippen LogP contribution in [-0.4, -0.2) is 22.8 Å². The zero-order valence-corrected chi connectivity index (χ0v) is 11.7. The Morgan fingerprint density at radius 3 is 2.61 bits per heavy atom. The van der Waals surface area contributed by atoms with Crippen LogP contribution in [0.3, 0.4) is 0 Å². The van der Waals surface area contributed by atoms with Gasteiger partial charge in [-0.3, -0.25) is 9.59 Å². The highest BCUT2D eigenvalue weighted by Crippen LogP contribution is 2.14. The molecule has 0 fully saturated rings.